The van der Waals surface area contributed by atoms with Gasteiger partial charge in [0.15, 0.2) is 5.11 Å². The highest BCUT2D eigenvalue weighted by atomic mass is 32.1. The smallest absolute Gasteiger partial charge is 0.336 e. The summed E-state index contributed by atoms with van der Waals surface area (Å²) < 4.78 is 5.13. The highest BCUT2D eigenvalue weighted by Crippen LogP contribution is 2.20. The fourth-order valence-corrected chi connectivity index (χ4v) is 1.88. The number of benzene rings is 1. The normalized spacial score (nSPS) is 10.1. The molecule has 6 nitrogen and oxygen atoms in total. The van der Waals surface area contributed by atoms with Gasteiger partial charge in [-0.2, -0.15) is 0 Å². The molecule has 0 saturated carbocycles. The Labute approximate surface area is 120 Å². The van der Waals surface area contributed by atoms with Gasteiger partial charge in [0, 0.05) is 30.1 Å². The summed E-state index contributed by atoms with van der Waals surface area (Å²) in [4.78, 5) is 22.1. The molecule has 1 amide bonds. The Morgan fingerprint density at radius 3 is 2.70 bits per heavy atom. The zero-order valence-electron chi connectivity index (χ0n) is 10.9. The van der Waals surface area contributed by atoms with Crippen LogP contribution in [0.5, 0.6) is 0 Å². The van der Waals surface area contributed by atoms with Crippen molar-refractivity contribution in [3.63, 3.8) is 0 Å². The molecule has 0 aliphatic heterocycles. The number of amides is 1. The summed E-state index contributed by atoms with van der Waals surface area (Å²) in [6, 6.07) is 6.75. The largest absolute Gasteiger partial charge is 0.423 e. The van der Waals surface area contributed by atoms with E-state index in [-0.39, 0.29) is 11.0 Å². The van der Waals surface area contributed by atoms with E-state index in [1.165, 1.54) is 13.0 Å². The number of carbonyl (C=O) groups is 1. The minimum atomic E-state index is -0.397. The van der Waals surface area contributed by atoms with E-state index in [4.69, 9.17) is 16.6 Å². The Kier molecular flexibility index (Phi) is 3.99. The van der Waals surface area contributed by atoms with Crippen molar-refractivity contribution in [1.82, 2.24) is 10.9 Å². The van der Waals surface area contributed by atoms with E-state index in [1.54, 1.807) is 12.1 Å². The minimum Gasteiger partial charge on any atom is -0.423 e. The van der Waals surface area contributed by atoms with E-state index >= 15 is 0 Å². The molecule has 0 aliphatic carbocycles. The lowest BCUT2D eigenvalue weighted by molar-refractivity contribution is -0.119. The standard InChI is InChI=1S/C13H13N3O3S/c1-7-5-12(18)19-11-6-9(3-4-10(7)11)14-13(20)16-15-8(2)17/h3-6H,1-2H3,(H,15,17)(H2,14,16,20). The number of hydrogen-bond donors (Lipinski definition) is 3. The average Bonchev–Trinajstić information content (AvgIpc) is 2.35. The molecule has 0 radical (unpaired) electrons. The molecule has 0 spiro atoms. The van der Waals surface area contributed by atoms with Crippen molar-refractivity contribution in [2.24, 2.45) is 0 Å². The van der Waals surface area contributed by atoms with Crippen molar-refractivity contribution >= 4 is 39.9 Å². The van der Waals surface area contributed by atoms with Crippen LogP contribution in [0.2, 0.25) is 0 Å². The molecule has 0 unspecified atom stereocenters. The number of thiocarbonyl (C=S) groups is 1. The van der Waals surface area contributed by atoms with Gasteiger partial charge in [-0.15, -0.1) is 0 Å². The maximum Gasteiger partial charge on any atom is 0.336 e. The van der Waals surface area contributed by atoms with Crippen LogP contribution in [-0.4, -0.2) is 11.0 Å². The molecule has 1 heterocycles. The summed E-state index contributed by atoms with van der Waals surface area (Å²) in [6.07, 6.45) is 0. The van der Waals surface area contributed by atoms with Crippen LogP contribution in [0.3, 0.4) is 0 Å². The summed E-state index contributed by atoms with van der Waals surface area (Å²) >= 11 is 5.00. The number of hydrogen-bond acceptors (Lipinski definition) is 4. The van der Waals surface area contributed by atoms with E-state index in [0.717, 1.165) is 10.9 Å². The molecule has 3 N–H and O–H groups in total. The van der Waals surface area contributed by atoms with Crippen LogP contribution in [0.1, 0.15) is 12.5 Å². The Balaban J connectivity index is 2.22. The lowest BCUT2D eigenvalue weighted by Gasteiger charge is -2.11. The average molecular weight is 291 g/mol. The molecule has 2 aromatic rings. The quantitative estimate of drug-likeness (QED) is 0.419. The first kappa shape index (κ1) is 14.0. The molecule has 104 valence electrons. The highest BCUT2D eigenvalue weighted by molar-refractivity contribution is 7.80. The molecular formula is C13H13N3O3S. The van der Waals surface area contributed by atoms with E-state index < -0.39 is 5.63 Å². The van der Waals surface area contributed by atoms with Gasteiger partial charge < -0.3 is 9.73 Å². The number of hydrazine groups is 1. The van der Waals surface area contributed by atoms with Crippen molar-refractivity contribution in [3.05, 3.63) is 40.2 Å². The van der Waals surface area contributed by atoms with E-state index in [9.17, 15) is 9.59 Å². The van der Waals surface area contributed by atoms with Gasteiger partial charge >= 0.3 is 5.63 Å². The molecule has 0 aliphatic rings. The molecule has 20 heavy (non-hydrogen) atoms. The van der Waals surface area contributed by atoms with Gasteiger partial charge in [0.05, 0.1) is 0 Å². The van der Waals surface area contributed by atoms with Crippen molar-refractivity contribution in [3.8, 4) is 0 Å². The summed E-state index contributed by atoms with van der Waals surface area (Å²) in [5.41, 5.74) is 6.46. The minimum absolute atomic E-state index is 0.231. The predicted molar refractivity (Wildman–Crippen MR) is 80.4 cm³/mol. The van der Waals surface area contributed by atoms with Crippen LogP contribution in [0.4, 0.5) is 5.69 Å². The third-order valence-electron chi connectivity index (χ3n) is 2.56. The lowest BCUT2D eigenvalue weighted by Crippen LogP contribution is -2.42. The second-order valence-electron chi connectivity index (χ2n) is 4.22. The van der Waals surface area contributed by atoms with Gasteiger partial charge in [-0.25, -0.2) is 4.79 Å². The van der Waals surface area contributed by atoms with E-state index in [1.807, 2.05) is 13.0 Å². The third-order valence-corrected chi connectivity index (χ3v) is 2.77. The molecule has 1 aromatic heterocycles. The molecule has 0 atom stereocenters. The molecule has 0 saturated heterocycles. The van der Waals surface area contributed by atoms with Gasteiger partial charge in [0.1, 0.15) is 5.58 Å². The van der Waals surface area contributed by atoms with Crippen LogP contribution in [-0.2, 0) is 4.79 Å². The van der Waals surface area contributed by atoms with Gasteiger partial charge in [-0.1, -0.05) is 0 Å². The first-order chi connectivity index (χ1) is 9.45. The predicted octanol–water partition coefficient (Wildman–Crippen LogP) is 1.44. The van der Waals surface area contributed by atoms with Gasteiger partial charge in [-0.05, 0) is 36.8 Å². The molecular weight excluding hydrogens is 278 g/mol. The summed E-state index contributed by atoms with van der Waals surface area (Å²) in [6.45, 7) is 3.21. The maximum atomic E-state index is 11.3. The second kappa shape index (κ2) is 5.70. The van der Waals surface area contributed by atoms with Crippen LogP contribution in [0, 0.1) is 6.92 Å². The summed E-state index contributed by atoms with van der Waals surface area (Å²) in [7, 11) is 0. The summed E-state index contributed by atoms with van der Waals surface area (Å²) in [5.74, 6) is -0.255. The monoisotopic (exact) mass is 291 g/mol. The number of carbonyl (C=O) groups excluding carboxylic acids is 1. The Hall–Kier alpha value is -2.41. The molecule has 7 heteroatoms. The zero-order chi connectivity index (χ0) is 14.7. The first-order valence-electron chi connectivity index (χ1n) is 5.84. The fraction of sp³-hybridized carbons (Fsp3) is 0.154. The van der Waals surface area contributed by atoms with Crippen LogP contribution < -0.4 is 21.8 Å². The van der Waals surface area contributed by atoms with Crippen molar-refractivity contribution in [2.75, 3.05) is 5.32 Å². The number of anilines is 1. The molecule has 1 aromatic carbocycles. The van der Waals surface area contributed by atoms with Crippen molar-refractivity contribution in [2.45, 2.75) is 13.8 Å². The van der Waals surface area contributed by atoms with Crippen molar-refractivity contribution in [1.29, 1.82) is 0 Å². The third kappa shape index (κ3) is 3.33. The number of rotatable bonds is 1. The zero-order valence-corrected chi connectivity index (χ0v) is 11.8. The van der Waals surface area contributed by atoms with Gasteiger partial charge in [-0.3, -0.25) is 15.6 Å². The molecule has 2 rings (SSSR count). The maximum absolute atomic E-state index is 11.3. The van der Waals surface area contributed by atoms with Crippen LogP contribution in [0.15, 0.2) is 33.5 Å². The van der Waals surface area contributed by atoms with Crippen molar-refractivity contribution < 1.29 is 9.21 Å². The second-order valence-corrected chi connectivity index (χ2v) is 4.63. The number of aryl methyl sites for hydroxylation is 1. The highest BCUT2D eigenvalue weighted by Gasteiger charge is 2.04. The number of fused-ring (bicyclic) bond motifs is 1. The topological polar surface area (TPSA) is 83.4 Å². The van der Waals surface area contributed by atoms with E-state index in [0.29, 0.717) is 11.3 Å². The fourth-order valence-electron chi connectivity index (χ4n) is 1.71. The van der Waals surface area contributed by atoms with Crippen LogP contribution in [0.25, 0.3) is 11.0 Å². The first-order valence-corrected chi connectivity index (χ1v) is 6.24. The van der Waals surface area contributed by atoms with Gasteiger partial charge in [0.25, 0.3) is 0 Å². The van der Waals surface area contributed by atoms with Crippen LogP contribution >= 0.6 is 12.2 Å². The Morgan fingerprint density at radius 2 is 2.00 bits per heavy atom. The van der Waals surface area contributed by atoms with Gasteiger partial charge in [0.2, 0.25) is 5.91 Å². The summed E-state index contributed by atoms with van der Waals surface area (Å²) in [5, 5.41) is 3.96. The molecule has 0 fully saturated rings. The molecule has 0 bridgehead atoms. The number of nitrogens with one attached hydrogen (secondary N) is 3. The van der Waals surface area contributed by atoms with E-state index in [2.05, 4.69) is 16.2 Å². The SMILES string of the molecule is CC(=O)NNC(=S)Nc1ccc2c(C)cc(=O)oc2c1. The Bertz CT molecular complexity index is 739. The lowest BCUT2D eigenvalue weighted by atomic mass is 10.1. The Morgan fingerprint density at radius 1 is 1.25 bits per heavy atom.